The van der Waals surface area contributed by atoms with Gasteiger partial charge in [-0.2, -0.15) is 0 Å². The zero-order valence-electron chi connectivity index (χ0n) is 12.0. The first kappa shape index (κ1) is 14.3. The van der Waals surface area contributed by atoms with Crippen LogP contribution in [-0.2, 0) is 0 Å². The van der Waals surface area contributed by atoms with Crippen LogP contribution >= 0.6 is 23.2 Å². The van der Waals surface area contributed by atoms with E-state index in [9.17, 15) is 0 Å². The Balaban J connectivity index is 2.30. The topological polar surface area (TPSA) is 25.8 Å². The van der Waals surface area contributed by atoms with Crippen molar-refractivity contribution < 1.29 is 0 Å². The predicted molar refractivity (Wildman–Crippen MR) is 89.2 cm³/mol. The molecule has 0 saturated carbocycles. The second-order valence-corrected chi connectivity index (χ2v) is 5.99. The van der Waals surface area contributed by atoms with Crippen molar-refractivity contribution in [3.8, 4) is 11.4 Å². The number of rotatable bonds is 1. The predicted octanol–water partition coefficient (Wildman–Crippen LogP) is 5.53. The first-order chi connectivity index (χ1) is 9.97. The van der Waals surface area contributed by atoms with Crippen LogP contribution in [0.2, 0.25) is 10.2 Å². The summed E-state index contributed by atoms with van der Waals surface area (Å²) >= 11 is 12.5. The standard InChI is InChI=1S/C17H14Cl2N2/c1-9-4-6-12(8-11(9)3)17-20-15-10(2)5-7-13(18)14(15)16(19)21-17/h4-8H,1-3H3. The van der Waals surface area contributed by atoms with Gasteiger partial charge < -0.3 is 0 Å². The number of fused-ring (bicyclic) bond motifs is 1. The van der Waals surface area contributed by atoms with Crippen molar-refractivity contribution in [2.75, 3.05) is 0 Å². The van der Waals surface area contributed by atoms with E-state index in [0.29, 0.717) is 21.4 Å². The molecule has 0 N–H and O–H groups in total. The number of halogens is 2. The lowest BCUT2D eigenvalue weighted by atomic mass is 10.1. The molecule has 0 bridgehead atoms. The maximum Gasteiger partial charge on any atom is 0.161 e. The van der Waals surface area contributed by atoms with Gasteiger partial charge in [-0.1, -0.05) is 41.4 Å². The molecule has 0 amide bonds. The van der Waals surface area contributed by atoms with Gasteiger partial charge in [-0.3, -0.25) is 0 Å². The Morgan fingerprint density at radius 3 is 2.24 bits per heavy atom. The zero-order valence-corrected chi connectivity index (χ0v) is 13.5. The van der Waals surface area contributed by atoms with Crippen molar-refractivity contribution in [2.45, 2.75) is 20.8 Å². The summed E-state index contributed by atoms with van der Waals surface area (Å²) in [5.74, 6) is 0.626. The summed E-state index contributed by atoms with van der Waals surface area (Å²) in [6, 6.07) is 9.92. The van der Waals surface area contributed by atoms with Crippen molar-refractivity contribution in [3.63, 3.8) is 0 Å². The van der Waals surface area contributed by atoms with Crippen molar-refractivity contribution in [3.05, 3.63) is 57.2 Å². The highest BCUT2D eigenvalue weighted by Crippen LogP contribution is 2.32. The Hall–Kier alpha value is -1.64. The molecule has 3 aromatic rings. The van der Waals surface area contributed by atoms with E-state index >= 15 is 0 Å². The fraction of sp³-hybridized carbons (Fsp3) is 0.176. The largest absolute Gasteiger partial charge is 0.228 e. The summed E-state index contributed by atoms with van der Waals surface area (Å²) in [6.45, 7) is 6.15. The molecule has 21 heavy (non-hydrogen) atoms. The third kappa shape index (κ3) is 2.50. The van der Waals surface area contributed by atoms with Gasteiger partial charge in [0.05, 0.1) is 15.9 Å². The molecule has 0 unspecified atom stereocenters. The molecule has 0 aliphatic heterocycles. The highest BCUT2D eigenvalue weighted by atomic mass is 35.5. The molecule has 2 aromatic carbocycles. The summed E-state index contributed by atoms with van der Waals surface area (Å²) < 4.78 is 0. The van der Waals surface area contributed by atoms with Crippen LogP contribution < -0.4 is 0 Å². The van der Waals surface area contributed by atoms with Crippen LogP contribution in [0.3, 0.4) is 0 Å². The van der Waals surface area contributed by atoms with Crippen molar-refractivity contribution in [2.24, 2.45) is 0 Å². The normalized spacial score (nSPS) is 11.1. The summed E-state index contributed by atoms with van der Waals surface area (Å²) in [4.78, 5) is 9.07. The lowest BCUT2D eigenvalue weighted by molar-refractivity contribution is 1.21. The van der Waals surface area contributed by atoms with E-state index in [-0.39, 0.29) is 0 Å². The molecule has 0 spiro atoms. The molecule has 0 atom stereocenters. The fourth-order valence-electron chi connectivity index (χ4n) is 2.30. The van der Waals surface area contributed by atoms with Gasteiger partial charge in [0.2, 0.25) is 0 Å². The molecule has 1 aromatic heterocycles. The lowest BCUT2D eigenvalue weighted by Crippen LogP contribution is -1.95. The third-order valence-corrected chi connectivity index (χ3v) is 4.31. The number of hydrogen-bond donors (Lipinski definition) is 0. The Morgan fingerprint density at radius 2 is 1.52 bits per heavy atom. The van der Waals surface area contributed by atoms with Gasteiger partial charge in [-0.25, -0.2) is 9.97 Å². The first-order valence-electron chi connectivity index (χ1n) is 6.67. The second kappa shape index (κ2) is 5.28. The Kier molecular flexibility index (Phi) is 3.60. The fourth-order valence-corrected chi connectivity index (χ4v) is 2.86. The molecule has 0 saturated heterocycles. The molecule has 0 fully saturated rings. The van der Waals surface area contributed by atoms with Crippen molar-refractivity contribution in [1.29, 1.82) is 0 Å². The zero-order chi connectivity index (χ0) is 15.1. The molecule has 0 aliphatic rings. The van der Waals surface area contributed by atoms with Crippen LogP contribution in [0, 0.1) is 20.8 Å². The Labute approximate surface area is 133 Å². The van der Waals surface area contributed by atoms with E-state index in [1.165, 1.54) is 11.1 Å². The lowest BCUT2D eigenvalue weighted by Gasteiger charge is -2.09. The minimum atomic E-state index is 0.391. The second-order valence-electron chi connectivity index (χ2n) is 5.22. The quantitative estimate of drug-likeness (QED) is 0.552. The number of aromatic nitrogens is 2. The first-order valence-corrected chi connectivity index (χ1v) is 7.43. The number of hydrogen-bond acceptors (Lipinski definition) is 2. The molecule has 2 nitrogen and oxygen atoms in total. The van der Waals surface area contributed by atoms with Crippen LogP contribution in [-0.4, -0.2) is 9.97 Å². The monoisotopic (exact) mass is 316 g/mol. The summed E-state index contributed by atoms with van der Waals surface area (Å²) in [5, 5.41) is 1.68. The smallest absolute Gasteiger partial charge is 0.161 e. The van der Waals surface area contributed by atoms with Gasteiger partial charge in [0.25, 0.3) is 0 Å². The van der Waals surface area contributed by atoms with Gasteiger partial charge in [-0.05, 0) is 49.6 Å². The SMILES string of the molecule is Cc1ccc(-c2nc(Cl)c3c(Cl)ccc(C)c3n2)cc1C. The number of aryl methyl sites for hydroxylation is 3. The molecular weight excluding hydrogens is 303 g/mol. The van der Waals surface area contributed by atoms with Gasteiger partial charge >= 0.3 is 0 Å². The van der Waals surface area contributed by atoms with Crippen LogP contribution in [0.15, 0.2) is 30.3 Å². The average molecular weight is 317 g/mol. The molecule has 0 radical (unpaired) electrons. The van der Waals surface area contributed by atoms with Gasteiger partial charge in [0, 0.05) is 5.56 Å². The van der Waals surface area contributed by atoms with Gasteiger partial charge in [0.1, 0.15) is 5.15 Å². The molecule has 0 aliphatic carbocycles. The minimum Gasteiger partial charge on any atom is -0.228 e. The maximum absolute atomic E-state index is 6.32. The third-order valence-electron chi connectivity index (χ3n) is 3.72. The van der Waals surface area contributed by atoms with Crippen molar-refractivity contribution >= 4 is 34.1 Å². The molecular formula is C17H14Cl2N2. The van der Waals surface area contributed by atoms with E-state index in [4.69, 9.17) is 23.2 Å². The van der Waals surface area contributed by atoms with E-state index in [2.05, 4.69) is 35.9 Å². The van der Waals surface area contributed by atoms with E-state index in [0.717, 1.165) is 16.6 Å². The Morgan fingerprint density at radius 1 is 0.810 bits per heavy atom. The van der Waals surface area contributed by atoms with Crippen molar-refractivity contribution in [1.82, 2.24) is 9.97 Å². The van der Waals surface area contributed by atoms with E-state index in [1.54, 1.807) is 0 Å². The highest BCUT2D eigenvalue weighted by molar-refractivity contribution is 6.41. The molecule has 4 heteroatoms. The van der Waals surface area contributed by atoms with Crippen LogP contribution in [0.5, 0.6) is 0 Å². The number of benzene rings is 2. The van der Waals surface area contributed by atoms with Crippen LogP contribution in [0.25, 0.3) is 22.3 Å². The molecule has 3 rings (SSSR count). The Bertz CT molecular complexity index is 857. The molecule has 106 valence electrons. The van der Waals surface area contributed by atoms with E-state index < -0.39 is 0 Å². The van der Waals surface area contributed by atoms with Gasteiger partial charge in [0.15, 0.2) is 5.82 Å². The summed E-state index contributed by atoms with van der Waals surface area (Å²) in [6.07, 6.45) is 0. The van der Waals surface area contributed by atoms with Gasteiger partial charge in [-0.15, -0.1) is 0 Å². The summed E-state index contributed by atoms with van der Waals surface area (Å²) in [5.41, 5.74) is 5.24. The van der Waals surface area contributed by atoms with E-state index in [1.807, 2.05) is 25.1 Å². The van der Waals surface area contributed by atoms with Crippen LogP contribution in [0.1, 0.15) is 16.7 Å². The maximum atomic E-state index is 6.32. The summed E-state index contributed by atoms with van der Waals surface area (Å²) in [7, 11) is 0. The average Bonchev–Trinajstić information content (AvgIpc) is 2.45. The van der Waals surface area contributed by atoms with Crippen LogP contribution in [0.4, 0.5) is 0 Å². The minimum absolute atomic E-state index is 0.391. The highest BCUT2D eigenvalue weighted by Gasteiger charge is 2.13. The molecule has 1 heterocycles. The number of nitrogens with zero attached hydrogens (tertiary/aromatic N) is 2.